The van der Waals surface area contributed by atoms with E-state index in [9.17, 15) is 8.42 Å². The summed E-state index contributed by atoms with van der Waals surface area (Å²) in [5.74, 6) is 1.29. The van der Waals surface area contributed by atoms with Gasteiger partial charge in [-0.3, -0.25) is 4.98 Å². The van der Waals surface area contributed by atoms with Crippen LogP contribution in [0.3, 0.4) is 0 Å². The van der Waals surface area contributed by atoms with Crippen molar-refractivity contribution in [3.8, 4) is 11.5 Å². The molecule has 0 saturated carbocycles. The summed E-state index contributed by atoms with van der Waals surface area (Å²) in [6.07, 6.45) is 5.09. The third-order valence-electron chi connectivity index (χ3n) is 5.86. The van der Waals surface area contributed by atoms with Gasteiger partial charge in [0.1, 0.15) is 10.6 Å². The molecule has 1 aliphatic heterocycles. The van der Waals surface area contributed by atoms with Crippen molar-refractivity contribution in [2.45, 2.75) is 43.4 Å². The molecule has 0 unspecified atom stereocenters. The molecule has 0 amide bonds. The molecule has 3 aromatic rings. The molecule has 4 rings (SSSR count). The summed E-state index contributed by atoms with van der Waals surface area (Å²) in [6, 6.07) is 3.61. The third kappa shape index (κ3) is 4.00. The first-order valence-electron chi connectivity index (χ1n) is 10.0. The molecule has 1 fully saturated rings. The van der Waals surface area contributed by atoms with Crippen LogP contribution in [0.5, 0.6) is 0 Å². The fourth-order valence-corrected chi connectivity index (χ4v) is 5.79. The maximum absolute atomic E-state index is 13.2. The van der Waals surface area contributed by atoms with E-state index in [4.69, 9.17) is 13.8 Å². The Morgan fingerprint density at radius 3 is 2.45 bits per heavy atom. The summed E-state index contributed by atoms with van der Waals surface area (Å²) in [7, 11) is -2.05. The van der Waals surface area contributed by atoms with Crippen LogP contribution < -0.4 is 0 Å². The molecule has 1 aliphatic rings. The van der Waals surface area contributed by atoms with Crippen LogP contribution in [0.2, 0.25) is 0 Å². The van der Waals surface area contributed by atoms with Crippen molar-refractivity contribution < 1.29 is 22.2 Å². The first-order chi connectivity index (χ1) is 14.9. The molecule has 3 aromatic heterocycles. The van der Waals surface area contributed by atoms with Crippen LogP contribution in [-0.2, 0) is 20.2 Å². The maximum atomic E-state index is 13.2. The fourth-order valence-electron chi connectivity index (χ4n) is 4.06. The highest BCUT2D eigenvalue weighted by Crippen LogP contribution is 2.39. The number of ether oxygens (including phenoxy) is 1. The highest BCUT2D eigenvalue weighted by molar-refractivity contribution is 7.89. The summed E-state index contributed by atoms with van der Waals surface area (Å²) < 4.78 is 43.8. The second kappa shape index (κ2) is 8.48. The van der Waals surface area contributed by atoms with E-state index in [0.29, 0.717) is 62.1 Å². The summed E-state index contributed by atoms with van der Waals surface area (Å²) in [5.41, 5.74) is 0.721. The monoisotopic (exact) mass is 447 g/mol. The van der Waals surface area contributed by atoms with E-state index in [1.54, 1.807) is 45.5 Å². The van der Waals surface area contributed by atoms with Crippen LogP contribution in [-0.4, -0.2) is 59.8 Å². The van der Waals surface area contributed by atoms with Crippen molar-refractivity contribution >= 4 is 10.0 Å². The van der Waals surface area contributed by atoms with Gasteiger partial charge in [-0.1, -0.05) is 10.3 Å². The van der Waals surface area contributed by atoms with Gasteiger partial charge >= 0.3 is 0 Å². The summed E-state index contributed by atoms with van der Waals surface area (Å²) in [6.45, 7) is 4.41. The second-order valence-electron chi connectivity index (χ2n) is 7.74. The molecule has 10 nitrogen and oxygen atoms in total. The average Bonchev–Trinajstić information content (AvgIpc) is 3.40. The van der Waals surface area contributed by atoms with Crippen LogP contribution >= 0.6 is 0 Å². The molecule has 0 radical (unpaired) electrons. The molecule has 0 aromatic carbocycles. The number of methoxy groups -OCH3 is 1. The lowest BCUT2D eigenvalue weighted by Crippen LogP contribution is -2.46. The lowest BCUT2D eigenvalue weighted by molar-refractivity contribution is 0.131. The lowest BCUT2D eigenvalue weighted by Gasteiger charge is -2.39. The van der Waals surface area contributed by atoms with Gasteiger partial charge in [0, 0.05) is 50.2 Å². The largest absolute Gasteiger partial charge is 0.385 e. The van der Waals surface area contributed by atoms with Crippen molar-refractivity contribution in [2.24, 2.45) is 0 Å². The van der Waals surface area contributed by atoms with Crippen molar-refractivity contribution in [2.75, 3.05) is 26.8 Å². The zero-order valence-corrected chi connectivity index (χ0v) is 18.6. The minimum absolute atomic E-state index is 0.149. The number of piperidine rings is 1. The number of rotatable bonds is 7. The lowest BCUT2D eigenvalue weighted by atomic mass is 9.75. The van der Waals surface area contributed by atoms with Gasteiger partial charge < -0.3 is 13.8 Å². The average molecular weight is 448 g/mol. The highest BCUT2D eigenvalue weighted by Gasteiger charge is 2.43. The van der Waals surface area contributed by atoms with Crippen LogP contribution in [0.1, 0.15) is 36.5 Å². The molecule has 0 atom stereocenters. The van der Waals surface area contributed by atoms with Crippen LogP contribution in [0, 0.1) is 13.8 Å². The zero-order chi connectivity index (χ0) is 22.1. The Bertz CT molecular complexity index is 1110. The minimum atomic E-state index is -3.70. The van der Waals surface area contributed by atoms with Crippen molar-refractivity contribution in [1.82, 2.24) is 24.6 Å². The smallest absolute Gasteiger partial charge is 0.258 e. The van der Waals surface area contributed by atoms with Crippen molar-refractivity contribution in [3.63, 3.8) is 0 Å². The zero-order valence-electron chi connectivity index (χ0n) is 17.7. The standard InChI is InChI=1S/C20H25N5O5S/c1-14-17(15(2)29-23-14)31(26,27)25-11-6-20(7-12-25,8-13-28-3)19-22-18(30-24-19)16-4-9-21-10-5-16/h4-5,9-10H,6-8,11-13H2,1-3H3. The third-order valence-corrected chi connectivity index (χ3v) is 8.00. The van der Waals surface area contributed by atoms with Gasteiger partial charge in [0.25, 0.3) is 5.89 Å². The van der Waals surface area contributed by atoms with E-state index in [1.165, 1.54) is 4.31 Å². The quantitative estimate of drug-likeness (QED) is 0.537. The van der Waals surface area contributed by atoms with Gasteiger partial charge in [-0.25, -0.2) is 8.42 Å². The SMILES string of the molecule is COCCC1(c2noc(-c3ccncc3)n2)CCN(S(=O)(=O)c2c(C)noc2C)CC1. The Morgan fingerprint density at radius 2 is 1.84 bits per heavy atom. The normalized spacial score (nSPS) is 17.1. The summed E-state index contributed by atoms with van der Waals surface area (Å²) in [5, 5.41) is 8.04. The van der Waals surface area contributed by atoms with Crippen LogP contribution in [0.25, 0.3) is 11.5 Å². The predicted molar refractivity (Wildman–Crippen MR) is 110 cm³/mol. The van der Waals surface area contributed by atoms with Gasteiger partial charge in [-0.15, -0.1) is 0 Å². The van der Waals surface area contributed by atoms with E-state index in [0.717, 1.165) is 5.56 Å². The topological polar surface area (TPSA) is 124 Å². The molecule has 11 heteroatoms. The van der Waals surface area contributed by atoms with E-state index < -0.39 is 15.4 Å². The molecule has 31 heavy (non-hydrogen) atoms. The molecule has 1 saturated heterocycles. The van der Waals surface area contributed by atoms with Crippen LogP contribution in [0.4, 0.5) is 0 Å². The fraction of sp³-hybridized carbons (Fsp3) is 0.500. The maximum Gasteiger partial charge on any atom is 0.258 e. The number of pyridine rings is 1. The Labute approximate surface area is 180 Å². The molecular formula is C20H25N5O5S. The van der Waals surface area contributed by atoms with Crippen LogP contribution in [0.15, 0.2) is 38.5 Å². The van der Waals surface area contributed by atoms with Gasteiger partial charge in [0.15, 0.2) is 11.6 Å². The highest BCUT2D eigenvalue weighted by atomic mass is 32.2. The Kier molecular flexibility index (Phi) is 5.91. The summed E-state index contributed by atoms with van der Waals surface area (Å²) in [4.78, 5) is 8.80. The number of aromatic nitrogens is 4. The number of nitrogens with zero attached hydrogens (tertiary/aromatic N) is 5. The van der Waals surface area contributed by atoms with Gasteiger partial charge in [0.05, 0.1) is 0 Å². The number of sulfonamides is 1. The Balaban J connectivity index is 1.59. The van der Waals surface area contributed by atoms with Gasteiger partial charge in [-0.05, 0) is 45.2 Å². The molecule has 0 N–H and O–H groups in total. The Hall–Kier alpha value is -2.63. The summed E-state index contributed by atoms with van der Waals surface area (Å²) >= 11 is 0. The first kappa shape index (κ1) is 21.6. The van der Waals surface area contributed by atoms with Gasteiger partial charge in [-0.2, -0.15) is 9.29 Å². The predicted octanol–water partition coefficient (Wildman–Crippen LogP) is 2.50. The molecule has 0 aliphatic carbocycles. The van der Waals surface area contributed by atoms with E-state index in [1.807, 2.05) is 0 Å². The number of aryl methyl sites for hydroxylation is 2. The molecule has 4 heterocycles. The number of hydrogen-bond donors (Lipinski definition) is 0. The molecule has 0 spiro atoms. The number of hydrogen-bond acceptors (Lipinski definition) is 9. The van der Waals surface area contributed by atoms with Crippen molar-refractivity contribution in [3.05, 3.63) is 41.8 Å². The molecule has 0 bridgehead atoms. The van der Waals surface area contributed by atoms with E-state index in [-0.39, 0.29) is 4.90 Å². The van der Waals surface area contributed by atoms with Gasteiger partial charge in [0.2, 0.25) is 10.0 Å². The molecule has 166 valence electrons. The Morgan fingerprint density at radius 1 is 1.13 bits per heavy atom. The van der Waals surface area contributed by atoms with Crippen molar-refractivity contribution in [1.29, 1.82) is 0 Å². The first-order valence-corrected chi connectivity index (χ1v) is 11.5. The van der Waals surface area contributed by atoms with E-state index in [2.05, 4.69) is 20.3 Å². The minimum Gasteiger partial charge on any atom is -0.385 e. The molecular weight excluding hydrogens is 422 g/mol. The van der Waals surface area contributed by atoms with E-state index >= 15 is 0 Å². The second-order valence-corrected chi connectivity index (χ2v) is 9.61.